The van der Waals surface area contributed by atoms with Crippen molar-refractivity contribution in [3.63, 3.8) is 0 Å². The van der Waals surface area contributed by atoms with Crippen LogP contribution in [0.3, 0.4) is 0 Å². The molecule has 35 heavy (non-hydrogen) atoms. The minimum absolute atomic E-state index is 0.0787. The van der Waals surface area contributed by atoms with Gasteiger partial charge in [-0.1, -0.05) is 6.07 Å². The van der Waals surface area contributed by atoms with E-state index >= 15 is 0 Å². The Hall–Kier alpha value is -2.68. The fourth-order valence-electron chi connectivity index (χ4n) is 4.59. The maximum Gasteiger partial charge on any atom is 0.251 e. The number of pyridine rings is 1. The fraction of sp³-hybridized carbons (Fsp3) is 0.500. The number of alkyl halides is 2. The molecule has 1 aromatic carbocycles. The first kappa shape index (κ1) is 25.4. The zero-order valence-electron chi connectivity index (χ0n) is 19.5. The van der Waals surface area contributed by atoms with Gasteiger partial charge in [-0.15, -0.1) is 0 Å². The highest BCUT2D eigenvalue weighted by molar-refractivity contribution is 7.89. The first-order valence-corrected chi connectivity index (χ1v) is 13.0. The molecule has 3 heterocycles. The monoisotopic (exact) mass is 507 g/mol. The number of benzene rings is 1. The second kappa shape index (κ2) is 10.1. The lowest BCUT2D eigenvalue weighted by atomic mass is 10.0. The zero-order valence-corrected chi connectivity index (χ0v) is 20.3. The zero-order chi connectivity index (χ0) is 25.2. The van der Waals surface area contributed by atoms with Crippen molar-refractivity contribution in [3.05, 3.63) is 53.5 Å². The normalized spacial score (nSPS) is 19.6. The van der Waals surface area contributed by atoms with Crippen LogP contribution in [0.5, 0.6) is 0 Å². The summed E-state index contributed by atoms with van der Waals surface area (Å²) in [4.78, 5) is 8.06. The van der Waals surface area contributed by atoms with Crippen LogP contribution in [-0.4, -0.2) is 67.8 Å². The predicted molar refractivity (Wildman–Crippen MR) is 125 cm³/mol. The van der Waals surface area contributed by atoms with Crippen LogP contribution in [-0.2, 0) is 16.6 Å². The van der Waals surface area contributed by atoms with E-state index in [9.17, 15) is 21.6 Å². The molecule has 0 unspecified atom stereocenters. The summed E-state index contributed by atoms with van der Waals surface area (Å²) in [5.41, 5.74) is 0.762. The van der Waals surface area contributed by atoms with E-state index < -0.39 is 21.8 Å². The van der Waals surface area contributed by atoms with Crippen molar-refractivity contribution in [1.29, 1.82) is 5.26 Å². The number of nitrogens with zero attached hydrogens (tertiary/aromatic N) is 5. The van der Waals surface area contributed by atoms with E-state index in [1.807, 2.05) is 18.0 Å². The number of halogens is 3. The Bertz CT molecular complexity index is 1180. The van der Waals surface area contributed by atoms with Crippen molar-refractivity contribution < 1.29 is 21.6 Å². The number of hydrogen-bond acceptors (Lipinski definition) is 6. The van der Waals surface area contributed by atoms with Gasteiger partial charge in [-0.3, -0.25) is 4.90 Å². The Labute approximate surface area is 203 Å². The van der Waals surface area contributed by atoms with Gasteiger partial charge in [-0.05, 0) is 44.2 Å². The molecule has 2 aromatic rings. The van der Waals surface area contributed by atoms with E-state index in [4.69, 9.17) is 5.26 Å². The number of anilines is 1. The molecule has 0 amide bonds. The van der Waals surface area contributed by atoms with Gasteiger partial charge in [0.05, 0.1) is 11.6 Å². The van der Waals surface area contributed by atoms with Gasteiger partial charge in [0.15, 0.2) is 0 Å². The Morgan fingerprint density at radius 2 is 1.83 bits per heavy atom. The first-order valence-electron chi connectivity index (χ1n) is 11.6. The summed E-state index contributed by atoms with van der Waals surface area (Å²) >= 11 is 0. The standard InChI is InChI=1S/C24H28F3N5O2S/c1-30(17-19-3-2-18(15-28)14-22(19)25)20-6-10-32(11-7-20)35(33,34)21-4-5-23(29-16-21)31-12-8-24(26,27)9-13-31/h2-5,14,16,20H,6-13,17H2,1H3. The van der Waals surface area contributed by atoms with Gasteiger partial charge in [-0.2, -0.15) is 9.57 Å². The number of piperidine rings is 2. The molecule has 7 nitrogen and oxygen atoms in total. The van der Waals surface area contributed by atoms with Gasteiger partial charge in [0, 0.05) is 63.4 Å². The summed E-state index contributed by atoms with van der Waals surface area (Å²) in [5.74, 6) is -2.59. The highest BCUT2D eigenvalue weighted by atomic mass is 32.2. The number of sulfonamides is 1. The molecule has 0 aliphatic carbocycles. The maximum atomic E-state index is 14.2. The summed E-state index contributed by atoms with van der Waals surface area (Å²) in [5, 5.41) is 8.89. The summed E-state index contributed by atoms with van der Waals surface area (Å²) in [7, 11) is -1.85. The molecular formula is C24H28F3N5O2S. The maximum absolute atomic E-state index is 14.2. The second-order valence-electron chi connectivity index (χ2n) is 9.16. The van der Waals surface area contributed by atoms with Gasteiger partial charge in [0.2, 0.25) is 10.0 Å². The number of nitriles is 1. The van der Waals surface area contributed by atoms with E-state index in [1.165, 1.54) is 22.6 Å². The molecule has 0 saturated carbocycles. The van der Waals surface area contributed by atoms with Gasteiger partial charge < -0.3 is 4.90 Å². The van der Waals surface area contributed by atoms with E-state index in [1.54, 1.807) is 23.1 Å². The Morgan fingerprint density at radius 1 is 1.14 bits per heavy atom. The van der Waals surface area contributed by atoms with Gasteiger partial charge in [0.25, 0.3) is 5.92 Å². The largest absolute Gasteiger partial charge is 0.356 e. The van der Waals surface area contributed by atoms with Gasteiger partial charge in [0.1, 0.15) is 16.5 Å². The van der Waals surface area contributed by atoms with E-state index in [2.05, 4.69) is 4.98 Å². The lowest BCUT2D eigenvalue weighted by Crippen LogP contribution is -2.45. The molecule has 11 heteroatoms. The van der Waals surface area contributed by atoms with Crippen LogP contribution in [0.1, 0.15) is 36.8 Å². The molecule has 4 rings (SSSR count). The van der Waals surface area contributed by atoms with Crippen LogP contribution in [0.4, 0.5) is 19.0 Å². The van der Waals surface area contributed by atoms with Crippen molar-refractivity contribution >= 4 is 15.8 Å². The van der Waals surface area contributed by atoms with Crippen molar-refractivity contribution in [3.8, 4) is 6.07 Å². The second-order valence-corrected chi connectivity index (χ2v) is 11.1. The van der Waals surface area contributed by atoms with Crippen molar-refractivity contribution in [2.24, 2.45) is 0 Å². The van der Waals surface area contributed by atoms with Crippen LogP contribution in [0.15, 0.2) is 41.4 Å². The van der Waals surface area contributed by atoms with Crippen molar-refractivity contribution in [1.82, 2.24) is 14.2 Å². The molecule has 2 aliphatic rings. The minimum atomic E-state index is -3.73. The highest BCUT2D eigenvalue weighted by Crippen LogP contribution is 2.30. The molecule has 0 spiro atoms. The summed E-state index contributed by atoms with van der Waals surface area (Å²) < 4.78 is 68.7. The third kappa shape index (κ3) is 5.77. The molecular weight excluding hydrogens is 479 g/mol. The Kier molecular flexibility index (Phi) is 7.35. The third-order valence-corrected chi connectivity index (χ3v) is 8.71. The quantitative estimate of drug-likeness (QED) is 0.594. The predicted octanol–water partition coefficient (Wildman–Crippen LogP) is 3.61. The average Bonchev–Trinajstić information content (AvgIpc) is 2.85. The Balaban J connectivity index is 1.34. The van der Waals surface area contributed by atoms with Crippen LogP contribution >= 0.6 is 0 Å². The first-order chi connectivity index (χ1) is 16.6. The molecule has 0 atom stereocenters. The lowest BCUT2D eigenvalue weighted by molar-refractivity contribution is -0.0221. The van der Waals surface area contributed by atoms with Crippen LogP contribution in [0.2, 0.25) is 0 Å². The average molecular weight is 508 g/mol. The van der Waals surface area contributed by atoms with E-state index in [0.29, 0.717) is 43.9 Å². The lowest BCUT2D eigenvalue weighted by Gasteiger charge is -2.36. The molecule has 188 valence electrons. The summed E-state index contributed by atoms with van der Waals surface area (Å²) in [6.45, 7) is 1.38. The molecule has 0 N–H and O–H groups in total. The highest BCUT2D eigenvalue weighted by Gasteiger charge is 2.35. The molecule has 1 aromatic heterocycles. The van der Waals surface area contributed by atoms with Crippen LogP contribution in [0.25, 0.3) is 0 Å². The fourth-order valence-corrected chi connectivity index (χ4v) is 6.01. The van der Waals surface area contributed by atoms with Crippen molar-refractivity contribution in [2.75, 3.05) is 38.1 Å². The molecule has 2 aliphatic heterocycles. The number of hydrogen-bond donors (Lipinski definition) is 0. The number of aromatic nitrogens is 1. The molecule has 2 saturated heterocycles. The molecule has 2 fully saturated rings. The van der Waals surface area contributed by atoms with Gasteiger partial charge >= 0.3 is 0 Å². The Morgan fingerprint density at radius 3 is 2.40 bits per heavy atom. The van der Waals surface area contributed by atoms with Gasteiger partial charge in [-0.25, -0.2) is 26.6 Å². The van der Waals surface area contributed by atoms with E-state index in [-0.39, 0.29) is 42.4 Å². The van der Waals surface area contributed by atoms with Crippen molar-refractivity contribution in [2.45, 2.75) is 49.1 Å². The SMILES string of the molecule is CN(Cc1ccc(C#N)cc1F)C1CCN(S(=O)(=O)c2ccc(N3CCC(F)(F)CC3)nc2)CC1. The minimum Gasteiger partial charge on any atom is -0.356 e. The van der Waals surface area contributed by atoms with Crippen LogP contribution in [0, 0.1) is 17.1 Å². The molecule has 0 radical (unpaired) electrons. The number of rotatable bonds is 6. The van der Waals surface area contributed by atoms with Crippen LogP contribution < -0.4 is 4.90 Å². The third-order valence-electron chi connectivity index (χ3n) is 6.83. The molecule has 0 bridgehead atoms. The summed E-state index contributed by atoms with van der Waals surface area (Å²) in [6.07, 6.45) is 2.01. The topological polar surface area (TPSA) is 80.5 Å². The van der Waals surface area contributed by atoms with E-state index in [0.717, 1.165) is 0 Å². The summed E-state index contributed by atoms with van der Waals surface area (Å²) in [6, 6.07) is 9.48. The smallest absolute Gasteiger partial charge is 0.251 e.